The molecule has 2 aromatic rings. The van der Waals surface area contributed by atoms with Gasteiger partial charge in [0.1, 0.15) is 11.9 Å². The topological polar surface area (TPSA) is 77.5 Å². The molecule has 0 amide bonds. The van der Waals surface area contributed by atoms with Crippen molar-refractivity contribution in [3.8, 4) is 0 Å². The molecule has 1 atom stereocenters. The van der Waals surface area contributed by atoms with Crippen LogP contribution in [0.3, 0.4) is 0 Å². The zero-order valence-corrected chi connectivity index (χ0v) is 15.3. The number of pyridine rings is 1. The highest BCUT2D eigenvalue weighted by Gasteiger charge is 2.22. The van der Waals surface area contributed by atoms with Crippen LogP contribution in [0.2, 0.25) is 0 Å². The first-order valence-corrected chi connectivity index (χ1v) is 8.21. The second-order valence-electron chi connectivity index (χ2n) is 5.34. The van der Waals surface area contributed by atoms with Crippen LogP contribution < -0.4 is 5.32 Å². The highest BCUT2D eigenvalue weighted by atomic mass is 79.9. The first-order chi connectivity index (χ1) is 11.5. The Bertz CT molecular complexity index is 764. The summed E-state index contributed by atoms with van der Waals surface area (Å²) in [5, 5.41) is 4.95. The van der Waals surface area contributed by atoms with Gasteiger partial charge in [-0.05, 0) is 29.3 Å². The molecule has 2 rings (SSSR count). The second-order valence-corrected chi connectivity index (χ2v) is 6.19. The van der Waals surface area contributed by atoms with Gasteiger partial charge in [0, 0.05) is 27.9 Å². The lowest BCUT2D eigenvalue weighted by Gasteiger charge is -2.18. The number of nitrogens with one attached hydrogen (secondary N) is 1. The molecule has 1 unspecified atom stereocenters. The van der Waals surface area contributed by atoms with Crippen molar-refractivity contribution < 1.29 is 19.1 Å². The molecule has 1 aromatic heterocycles. The van der Waals surface area contributed by atoms with Crippen molar-refractivity contribution in [2.24, 2.45) is 0 Å². The van der Waals surface area contributed by atoms with Crippen LogP contribution in [-0.4, -0.2) is 37.2 Å². The van der Waals surface area contributed by atoms with Crippen LogP contribution >= 0.6 is 15.9 Å². The third-order valence-electron chi connectivity index (χ3n) is 3.66. The standard InChI is InChI=1S/C17H19BrN2O4/c1-10-4-5-11-12(8-10)13(18)9-19-16(11)20-14(17(22)24-3)6-7-15(21)23-2/h4-5,8-9,14H,6-7H2,1-3H3,(H,19,20). The Labute approximate surface area is 148 Å². The van der Waals surface area contributed by atoms with Gasteiger partial charge in [0.25, 0.3) is 0 Å². The van der Waals surface area contributed by atoms with E-state index < -0.39 is 12.0 Å². The van der Waals surface area contributed by atoms with E-state index in [-0.39, 0.29) is 18.8 Å². The number of fused-ring (bicyclic) bond motifs is 1. The number of esters is 2. The van der Waals surface area contributed by atoms with Crippen LogP contribution in [0.15, 0.2) is 28.9 Å². The van der Waals surface area contributed by atoms with E-state index in [1.807, 2.05) is 25.1 Å². The van der Waals surface area contributed by atoms with Gasteiger partial charge in [0.2, 0.25) is 0 Å². The Morgan fingerprint density at radius 3 is 2.67 bits per heavy atom. The van der Waals surface area contributed by atoms with E-state index in [0.29, 0.717) is 5.82 Å². The maximum absolute atomic E-state index is 12.0. The van der Waals surface area contributed by atoms with Crippen molar-refractivity contribution in [2.75, 3.05) is 19.5 Å². The lowest BCUT2D eigenvalue weighted by molar-refractivity contribution is -0.143. The van der Waals surface area contributed by atoms with E-state index in [2.05, 4.69) is 31.0 Å². The van der Waals surface area contributed by atoms with Crippen LogP contribution in [0.4, 0.5) is 5.82 Å². The van der Waals surface area contributed by atoms with Gasteiger partial charge in [0.05, 0.1) is 14.2 Å². The van der Waals surface area contributed by atoms with E-state index in [1.54, 1.807) is 6.20 Å². The van der Waals surface area contributed by atoms with Gasteiger partial charge in [-0.2, -0.15) is 0 Å². The number of hydrogen-bond donors (Lipinski definition) is 1. The predicted octanol–water partition coefficient (Wildman–Crippen LogP) is 3.21. The molecule has 0 saturated heterocycles. The number of nitrogens with zero attached hydrogens (tertiary/aromatic N) is 1. The fourth-order valence-corrected chi connectivity index (χ4v) is 2.79. The van der Waals surface area contributed by atoms with Gasteiger partial charge in [-0.3, -0.25) is 4.79 Å². The van der Waals surface area contributed by atoms with Crippen molar-refractivity contribution in [3.05, 3.63) is 34.4 Å². The summed E-state index contributed by atoms with van der Waals surface area (Å²) in [6.45, 7) is 2.01. The first-order valence-electron chi connectivity index (χ1n) is 7.42. The summed E-state index contributed by atoms with van der Waals surface area (Å²) in [5.74, 6) is -0.271. The summed E-state index contributed by atoms with van der Waals surface area (Å²) in [6.07, 6.45) is 2.04. The smallest absolute Gasteiger partial charge is 0.328 e. The van der Waals surface area contributed by atoms with Gasteiger partial charge in [0.15, 0.2) is 0 Å². The summed E-state index contributed by atoms with van der Waals surface area (Å²) < 4.78 is 10.3. The van der Waals surface area contributed by atoms with Crippen molar-refractivity contribution >= 4 is 44.5 Å². The maximum Gasteiger partial charge on any atom is 0.328 e. The molecule has 0 fully saturated rings. The van der Waals surface area contributed by atoms with Gasteiger partial charge in [-0.1, -0.05) is 23.8 Å². The van der Waals surface area contributed by atoms with E-state index in [1.165, 1.54) is 14.2 Å². The predicted molar refractivity (Wildman–Crippen MR) is 94.9 cm³/mol. The van der Waals surface area contributed by atoms with Gasteiger partial charge in [-0.25, -0.2) is 9.78 Å². The number of rotatable bonds is 6. The molecule has 0 radical (unpaired) electrons. The zero-order valence-electron chi connectivity index (χ0n) is 13.8. The van der Waals surface area contributed by atoms with Crippen molar-refractivity contribution in [3.63, 3.8) is 0 Å². The molecule has 7 heteroatoms. The van der Waals surface area contributed by atoms with Gasteiger partial charge < -0.3 is 14.8 Å². The summed E-state index contributed by atoms with van der Waals surface area (Å²) in [5.41, 5.74) is 1.12. The van der Waals surface area contributed by atoms with E-state index in [0.717, 1.165) is 20.8 Å². The number of aryl methyl sites for hydroxylation is 1. The largest absolute Gasteiger partial charge is 0.469 e. The number of carbonyl (C=O) groups is 2. The molecule has 1 N–H and O–H groups in total. The molecule has 0 bridgehead atoms. The van der Waals surface area contributed by atoms with Crippen LogP contribution in [0.5, 0.6) is 0 Å². The third-order valence-corrected chi connectivity index (χ3v) is 4.29. The number of carbonyl (C=O) groups excluding carboxylic acids is 2. The summed E-state index contributed by atoms with van der Waals surface area (Å²) >= 11 is 3.49. The summed E-state index contributed by atoms with van der Waals surface area (Å²) in [6, 6.07) is 5.27. The lowest BCUT2D eigenvalue weighted by atomic mass is 10.1. The number of halogens is 1. The quantitative estimate of drug-likeness (QED) is 0.757. The minimum absolute atomic E-state index is 0.108. The van der Waals surface area contributed by atoms with Crippen LogP contribution in [0.25, 0.3) is 10.8 Å². The number of hydrogen-bond acceptors (Lipinski definition) is 6. The van der Waals surface area contributed by atoms with Crippen molar-refractivity contribution in [2.45, 2.75) is 25.8 Å². The molecular weight excluding hydrogens is 376 g/mol. The van der Waals surface area contributed by atoms with E-state index in [4.69, 9.17) is 4.74 Å². The molecule has 128 valence electrons. The van der Waals surface area contributed by atoms with Crippen molar-refractivity contribution in [1.82, 2.24) is 4.98 Å². The first kappa shape index (κ1) is 18.2. The van der Waals surface area contributed by atoms with Crippen LogP contribution in [0, 0.1) is 6.92 Å². The number of anilines is 1. The minimum Gasteiger partial charge on any atom is -0.469 e. The monoisotopic (exact) mass is 394 g/mol. The molecule has 24 heavy (non-hydrogen) atoms. The minimum atomic E-state index is -0.688. The molecule has 0 aliphatic rings. The molecule has 0 aliphatic heterocycles. The van der Waals surface area contributed by atoms with E-state index >= 15 is 0 Å². The number of ether oxygens (including phenoxy) is 2. The van der Waals surface area contributed by atoms with Crippen LogP contribution in [0.1, 0.15) is 18.4 Å². The summed E-state index contributed by atoms with van der Waals surface area (Å²) in [7, 11) is 2.63. The van der Waals surface area contributed by atoms with Gasteiger partial charge >= 0.3 is 11.9 Å². The normalized spacial score (nSPS) is 11.8. The average molecular weight is 395 g/mol. The third kappa shape index (κ3) is 4.23. The highest BCUT2D eigenvalue weighted by molar-refractivity contribution is 9.10. The Balaban J connectivity index is 2.31. The number of methoxy groups -OCH3 is 2. The summed E-state index contributed by atoms with van der Waals surface area (Å²) in [4.78, 5) is 27.7. The molecule has 0 aliphatic carbocycles. The Hall–Kier alpha value is -2.15. The fourth-order valence-electron chi connectivity index (χ4n) is 2.36. The molecular formula is C17H19BrN2O4. The Kier molecular flexibility index (Phi) is 6.14. The number of aromatic nitrogens is 1. The molecule has 1 heterocycles. The average Bonchev–Trinajstić information content (AvgIpc) is 2.59. The lowest BCUT2D eigenvalue weighted by Crippen LogP contribution is -2.32. The van der Waals surface area contributed by atoms with Gasteiger partial charge in [-0.15, -0.1) is 0 Å². The molecule has 0 saturated carbocycles. The molecule has 6 nitrogen and oxygen atoms in total. The zero-order chi connectivity index (χ0) is 17.7. The fraction of sp³-hybridized carbons (Fsp3) is 0.353. The van der Waals surface area contributed by atoms with Crippen LogP contribution in [-0.2, 0) is 19.1 Å². The molecule has 0 spiro atoms. The Morgan fingerprint density at radius 1 is 1.25 bits per heavy atom. The molecule has 1 aromatic carbocycles. The number of benzene rings is 1. The second kappa shape index (κ2) is 8.10. The maximum atomic E-state index is 12.0. The van der Waals surface area contributed by atoms with E-state index in [9.17, 15) is 9.59 Å². The SMILES string of the molecule is COC(=O)CCC(Nc1ncc(Br)c2cc(C)ccc12)C(=O)OC. The highest BCUT2D eigenvalue weighted by Crippen LogP contribution is 2.29. The van der Waals surface area contributed by atoms with Crippen molar-refractivity contribution in [1.29, 1.82) is 0 Å². The Morgan fingerprint density at radius 2 is 2.00 bits per heavy atom.